The van der Waals surface area contributed by atoms with E-state index < -0.39 is 24.4 Å². The minimum atomic E-state index is -1.08. The molecule has 0 saturated carbocycles. The third-order valence-electron chi connectivity index (χ3n) is 5.11. The van der Waals surface area contributed by atoms with Crippen LogP contribution >= 0.6 is 0 Å². The van der Waals surface area contributed by atoms with E-state index in [1.54, 1.807) is 0 Å². The molecule has 0 aromatic carbocycles. The van der Waals surface area contributed by atoms with Crippen molar-refractivity contribution >= 4 is 11.8 Å². The molecule has 0 amide bonds. The molecule has 0 spiro atoms. The lowest BCUT2D eigenvalue weighted by Crippen LogP contribution is -2.15. The molecule has 5 heteroatoms. The fourth-order valence-electron chi connectivity index (χ4n) is 3.39. The fraction of sp³-hybridized carbons (Fsp3) is 0.810. The molecule has 150 valence electrons. The van der Waals surface area contributed by atoms with Gasteiger partial charge in [-0.2, -0.15) is 0 Å². The summed E-state index contributed by atoms with van der Waals surface area (Å²) in [4.78, 5) is 23.7. The Bertz CT molecular complexity index is 469. The van der Waals surface area contributed by atoms with Crippen LogP contribution in [-0.4, -0.2) is 34.7 Å². The Kier molecular flexibility index (Phi) is 11.3. The second kappa shape index (κ2) is 12.9. The number of aliphatic hydroxyl groups is 2. The Hall–Kier alpha value is -1.36. The van der Waals surface area contributed by atoms with Crippen LogP contribution in [0.25, 0.3) is 0 Å². The van der Waals surface area contributed by atoms with Crippen LogP contribution in [0.4, 0.5) is 0 Å². The first kappa shape index (κ1) is 22.7. The van der Waals surface area contributed by atoms with Crippen LogP contribution < -0.4 is 0 Å². The second-order valence-corrected chi connectivity index (χ2v) is 7.52. The Balaban J connectivity index is 2.10. The summed E-state index contributed by atoms with van der Waals surface area (Å²) >= 11 is 0. The summed E-state index contributed by atoms with van der Waals surface area (Å²) in [6.07, 6.45) is 12.3. The van der Waals surface area contributed by atoms with Crippen LogP contribution in [-0.2, 0) is 14.3 Å². The molecule has 0 bridgehead atoms. The van der Waals surface area contributed by atoms with Crippen molar-refractivity contribution in [3.8, 4) is 0 Å². The van der Waals surface area contributed by atoms with E-state index in [0.717, 1.165) is 18.8 Å². The van der Waals surface area contributed by atoms with Crippen molar-refractivity contribution < 1.29 is 24.5 Å². The molecule has 0 aliphatic carbocycles. The van der Waals surface area contributed by atoms with Crippen LogP contribution in [0.3, 0.4) is 0 Å². The summed E-state index contributed by atoms with van der Waals surface area (Å²) in [6, 6.07) is 0. The topological polar surface area (TPSA) is 83.8 Å². The van der Waals surface area contributed by atoms with Gasteiger partial charge in [-0.15, -0.1) is 0 Å². The Morgan fingerprint density at radius 2 is 1.62 bits per heavy atom. The van der Waals surface area contributed by atoms with Gasteiger partial charge in [0.2, 0.25) is 0 Å². The van der Waals surface area contributed by atoms with Crippen molar-refractivity contribution in [3.63, 3.8) is 0 Å². The van der Waals surface area contributed by atoms with Gasteiger partial charge in [0.25, 0.3) is 0 Å². The van der Waals surface area contributed by atoms with Crippen LogP contribution in [0.2, 0.25) is 0 Å². The van der Waals surface area contributed by atoms with Crippen LogP contribution in [0, 0.1) is 5.92 Å². The van der Waals surface area contributed by atoms with Crippen molar-refractivity contribution in [2.24, 2.45) is 5.92 Å². The quantitative estimate of drug-likeness (QED) is 0.250. The van der Waals surface area contributed by atoms with Crippen molar-refractivity contribution in [2.45, 2.75) is 97.0 Å². The van der Waals surface area contributed by atoms with E-state index in [4.69, 9.17) is 9.84 Å². The smallest absolute Gasteiger partial charge is 0.346 e. The van der Waals surface area contributed by atoms with Gasteiger partial charge in [-0.05, 0) is 12.3 Å². The summed E-state index contributed by atoms with van der Waals surface area (Å²) in [5.74, 6) is -0.906. The number of hydrogen-bond donors (Lipinski definition) is 2. The molecule has 5 nitrogen and oxygen atoms in total. The van der Waals surface area contributed by atoms with Gasteiger partial charge in [0.1, 0.15) is 5.57 Å². The third kappa shape index (κ3) is 7.90. The van der Waals surface area contributed by atoms with Gasteiger partial charge < -0.3 is 14.9 Å². The molecule has 1 aliphatic heterocycles. The zero-order valence-corrected chi connectivity index (χ0v) is 16.5. The van der Waals surface area contributed by atoms with Crippen LogP contribution in [0.5, 0.6) is 0 Å². The van der Waals surface area contributed by atoms with Crippen LogP contribution in [0.1, 0.15) is 90.9 Å². The lowest BCUT2D eigenvalue weighted by molar-refractivity contribution is -0.142. The number of unbranched alkanes of at least 4 members (excludes halogenated alkanes) is 7. The number of rotatable bonds is 15. The molecule has 2 atom stereocenters. The number of ether oxygens (including phenoxy) is 1. The molecule has 0 saturated heterocycles. The summed E-state index contributed by atoms with van der Waals surface area (Å²) in [6.45, 7) is 4.02. The van der Waals surface area contributed by atoms with Crippen molar-refractivity contribution in [1.29, 1.82) is 0 Å². The first-order chi connectivity index (χ1) is 12.5. The molecule has 0 fully saturated rings. The van der Waals surface area contributed by atoms with Gasteiger partial charge in [0.05, 0.1) is 6.61 Å². The largest absolute Gasteiger partial charge is 0.507 e. The molecule has 1 rings (SSSR count). The highest BCUT2D eigenvalue weighted by atomic mass is 16.6. The first-order valence-corrected chi connectivity index (χ1v) is 10.3. The molecule has 0 aromatic heterocycles. The number of cyclic esters (lactones) is 1. The number of hydrogen-bond acceptors (Lipinski definition) is 5. The van der Waals surface area contributed by atoms with Crippen molar-refractivity contribution in [1.82, 2.24) is 0 Å². The average molecular weight is 369 g/mol. The van der Waals surface area contributed by atoms with E-state index in [1.165, 1.54) is 51.4 Å². The van der Waals surface area contributed by atoms with Gasteiger partial charge in [0, 0.05) is 6.42 Å². The van der Waals surface area contributed by atoms with E-state index in [-0.39, 0.29) is 17.8 Å². The minimum Gasteiger partial charge on any atom is -0.507 e. The average Bonchev–Trinajstić information content (AvgIpc) is 2.91. The van der Waals surface area contributed by atoms with Gasteiger partial charge in [-0.25, -0.2) is 4.79 Å². The summed E-state index contributed by atoms with van der Waals surface area (Å²) in [5, 5.41) is 18.8. The highest BCUT2D eigenvalue weighted by Gasteiger charge is 2.37. The monoisotopic (exact) mass is 368 g/mol. The SMILES string of the molecule is CCCCCCCCC(C)CCCCCC(=O)C1=C(O)C(CO)OC1=O. The van der Waals surface area contributed by atoms with E-state index in [1.807, 2.05) is 0 Å². The molecular weight excluding hydrogens is 332 g/mol. The number of aliphatic hydroxyl groups excluding tert-OH is 2. The van der Waals surface area contributed by atoms with E-state index in [0.29, 0.717) is 6.42 Å². The highest BCUT2D eigenvalue weighted by molar-refractivity contribution is 6.19. The number of carbonyl (C=O) groups excluding carboxylic acids is 2. The highest BCUT2D eigenvalue weighted by Crippen LogP contribution is 2.23. The predicted octanol–water partition coefficient (Wildman–Crippen LogP) is 4.62. The molecule has 0 radical (unpaired) electrons. The molecule has 1 heterocycles. The number of carbonyl (C=O) groups is 2. The third-order valence-corrected chi connectivity index (χ3v) is 5.11. The zero-order chi connectivity index (χ0) is 19.4. The second-order valence-electron chi connectivity index (χ2n) is 7.52. The summed E-state index contributed by atoms with van der Waals surface area (Å²) in [5.41, 5.74) is -0.277. The van der Waals surface area contributed by atoms with Crippen LogP contribution in [0.15, 0.2) is 11.3 Å². The first-order valence-electron chi connectivity index (χ1n) is 10.3. The molecule has 0 aromatic rings. The lowest BCUT2D eigenvalue weighted by atomic mass is 9.95. The predicted molar refractivity (Wildman–Crippen MR) is 102 cm³/mol. The molecule has 2 unspecified atom stereocenters. The van der Waals surface area contributed by atoms with E-state index >= 15 is 0 Å². The Morgan fingerprint density at radius 1 is 1.04 bits per heavy atom. The van der Waals surface area contributed by atoms with E-state index in [2.05, 4.69) is 13.8 Å². The number of ketones is 1. The molecule has 26 heavy (non-hydrogen) atoms. The summed E-state index contributed by atoms with van der Waals surface area (Å²) < 4.78 is 4.75. The molecular formula is C21H36O5. The Morgan fingerprint density at radius 3 is 2.19 bits per heavy atom. The molecule has 1 aliphatic rings. The number of Topliss-reactive ketones (excluding diaryl/α,β-unsaturated/α-hetero) is 1. The number of esters is 1. The normalized spacial score (nSPS) is 18.3. The van der Waals surface area contributed by atoms with Crippen molar-refractivity contribution in [3.05, 3.63) is 11.3 Å². The maximum atomic E-state index is 12.1. The zero-order valence-electron chi connectivity index (χ0n) is 16.5. The Labute approximate surface area is 157 Å². The van der Waals surface area contributed by atoms with Gasteiger partial charge in [-0.1, -0.05) is 78.1 Å². The minimum absolute atomic E-state index is 0.235. The fourth-order valence-corrected chi connectivity index (χ4v) is 3.39. The summed E-state index contributed by atoms with van der Waals surface area (Å²) in [7, 11) is 0. The standard InChI is InChI=1S/C21H36O5/c1-3-4-5-6-7-9-12-16(2)13-10-8-11-14-17(23)19-20(24)18(15-22)26-21(19)25/h16,18,22,24H,3-15H2,1-2H3. The van der Waals surface area contributed by atoms with E-state index in [9.17, 15) is 14.7 Å². The maximum Gasteiger partial charge on any atom is 0.346 e. The van der Waals surface area contributed by atoms with Crippen molar-refractivity contribution in [2.75, 3.05) is 6.61 Å². The maximum absolute atomic E-state index is 12.1. The van der Waals surface area contributed by atoms with Gasteiger partial charge in [0.15, 0.2) is 17.6 Å². The lowest BCUT2D eigenvalue weighted by Gasteiger charge is -2.11. The van der Waals surface area contributed by atoms with Gasteiger partial charge in [-0.3, -0.25) is 4.79 Å². The van der Waals surface area contributed by atoms with Gasteiger partial charge >= 0.3 is 5.97 Å². The molecule has 2 N–H and O–H groups in total.